The van der Waals surface area contributed by atoms with Gasteiger partial charge in [0.2, 0.25) is 0 Å². The number of anilines is 1. The summed E-state index contributed by atoms with van der Waals surface area (Å²) in [6, 6.07) is 7.81. The van der Waals surface area contributed by atoms with Crippen molar-refractivity contribution in [3.63, 3.8) is 0 Å². The Morgan fingerprint density at radius 3 is 2.53 bits per heavy atom. The van der Waals surface area contributed by atoms with Crippen LogP contribution in [0.3, 0.4) is 0 Å². The fourth-order valence-corrected chi connectivity index (χ4v) is 1.32. The number of aromatic nitrogens is 2. The van der Waals surface area contributed by atoms with E-state index < -0.39 is 0 Å². The summed E-state index contributed by atoms with van der Waals surface area (Å²) in [6.45, 7) is 2.01. The molecule has 4 heteroatoms. The van der Waals surface area contributed by atoms with Crippen LogP contribution >= 0.6 is 0 Å². The van der Waals surface area contributed by atoms with Crippen molar-refractivity contribution >= 4 is 12.0 Å². The molecule has 0 spiro atoms. The molecule has 1 aromatic carbocycles. The Labute approximate surface area is 87.3 Å². The molecule has 0 saturated heterocycles. The highest BCUT2D eigenvalue weighted by molar-refractivity contribution is 5.80. The van der Waals surface area contributed by atoms with E-state index in [9.17, 15) is 4.79 Å². The number of carbonyl (C=O) groups is 1. The average Bonchev–Trinajstić information content (AvgIpc) is 2.61. The second kappa shape index (κ2) is 3.57. The molecule has 0 atom stereocenters. The second-order valence-corrected chi connectivity index (χ2v) is 3.37. The van der Waals surface area contributed by atoms with Gasteiger partial charge in [-0.2, -0.15) is 5.10 Å². The lowest BCUT2D eigenvalue weighted by Crippen LogP contribution is -1.95. The van der Waals surface area contributed by atoms with Gasteiger partial charge in [-0.05, 0) is 19.1 Å². The maximum atomic E-state index is 10.6. The first-order valence-electron chi connectivity index (χ1n) is 4.58. The number of hydrogen-bond donors (Lipinski definition) is 1. The zero-order chi connectivity index (χ0) is 10.8. The number of hydrogen-bond acceptors (Lipinski definition) is 3. The molecule has 76 valence electrons. The van der Waals surface area contributed by atoms with Crippen molar-refractivity contribution < 1.29 is 4.79 Å². The predicted molar refractivity (Wildman–Crippen MR) is 58.1 cm³/mol. The first-order chi connectivity index (χ1) is 7.20. The lowest BCUT2D eigenvalue weighted by Gasteiger charge is -2.00. The van der Waals surface area contributed by atoms with Crippen molar-refractivity contribution in [2.45, 2.75) is 6.92 Å². The molecule has 1 heterocycles. The Kier molecular flexibility index (Phi) is 2.25. The number of aldehydes is 1. The van der Waals surface area contributed by atoms with Crippen LogP contribution in [0.4, 0.5) is 5.69 Å². The monoisotopic (exact) mass is 201 g/mol. The maximum absolute atomic E-state index is 10.6. The van der Waals surface area contributed by atoms with E-state index in [4.69, 9.17) is 5.73 Å². The first kappa shape index (κ1) is 9.45. The van der Waals surface area contributed by atoms with Gasteiger partial charge in [-0.3, -0.25) is 4.79 Å². The highest BCUT2D eigenvalue weighted by Crippen LogP contribution is 2.13. The number of nitrogens with two attached hydrogens (primary N) is 1. The summed E-state index contributed by atoms with van der Waals surface area (Å²) in [5.74, 6) is 0. The SMILES string of the molecule is Cc1ccc(-n2cc(N)c(C=O)n2)cc1. The third kappa shape index (κ3) is 1.74. The number of carbonyl (C=O) groups excluding carboxylic acids is 1. The van der Waals surface area contributed by atoms with E-state index in [1.165, 1.54) is 5.56 Å². The van der Waals surface area contributed by atoms with Gasteiger partial charge in [0.15, 0.2) is 6.29 Å². The Morgan fingerprint density at radius 2 is 2.00 bits per heavy atom. The number of benzene rings is 1. The Hall–Kier alpha value is -2.10. The Morgan fingerprint density at radius 1 is 1.33 bits per heavy atom. The number of rotatable bonds is 2. The van der Waals surface area contributed by atoms with Gasteiger partial charge < -0.3 is 5.73 Å². The maximum Gasteiger partial charge on any atom is 0.172 e. The molecule has 0 unspecified atom stereocenters. The van der Waals surface area contributed by atoms with Gasteiger partial charge in [-0.25, -0.2) is 4.68 Å². The summed E-state index contributed by atoms with van der Waals surface area (Å²) in [5, 5.41) is 4.05. The van der Waals surface area contributed by atoms with Gasteiger partial charge in [0.05, 0.1) is 17.6 Å². The van der Waals surface area contributed by atoms with Gasteiger partial charge >= 0.3 is 0 Å². The minimum atomic E-state index is 0.274. The fraction of sp³-hybridized carbons (Fsp3) is 0.0909. The highest BCUT2D eigenvalue weighted by Gasteiger charge is 2.05. The van der Waals surface area contributed by atoms with Gasteiger partial charge in [0.1, 0.15) is 5.69 Å². The van der Waals surface area contributed by atoms with Gasteiger partial charge in [-0.15, -0.1) is 0 Å². The minimum absolute atomic E-state index is 0.274. The molecule has 2 N–H and O–H groups in total. The van der Waals surface area contributed by atoms with Crippen LogP contribution in [-0.4, -0.2) is 16.1 Å². The van der Waals surface area contributed by atoms with Crippen LogP contribution in [0.2, 0.25) is 0 Å². The standard InChI is InChI=1S/C11H11N3O/c1-8-2-4-9(5-3-8)14-6-10(12)11(7-15)13-14/h2-7H,12H2,1H3. The van der Waals surface area contributed by atoms with Crippen LogP contribution in [0.5, 0.6) is 0 Å². The van der Waals surface area contributed by atoms with Gasteiger partial charge in [0.25, 0.3) is 0 Å². The van der Waals surface area contributed by atoms with Crippen molar-refractivity contribution in [1.82, 2.24) is 9.78 Å². The second-order valence-electron chi connectivity index (χ2n) is 3.37. The van der Waals surface area contributed by atoms with E-state index in [-0.39, 0.29) is 5.69 Å². The molecule has 0 fully saturated rings. The molecule has 0 radical (unpaired) electrons. The molecule has 15 heavy (non-hydrogen) atoms. The summed E-state index contributed by atoms with van der Waals surface area (Å²) in [5.41, 5.74) is 8.34. The third-order valence-electron chi connectivity index (χ3n) is 2.18. The van der Waals surface area contributed by atoms with E-state index in [0.29, 0.717) is 12.0 Å². The molecule has 2 aromatic rings. The Balaban J connectivity index is 2.45. The van der Waals surface area contributed by atoms with E-state index >= 15 is 0 Å². The Bertz CT molecular complexity index is 485. The number of nitrogens with zero attached hydrogens (tertiary/aromatic N) is 2. The highest BCUT2D eigenvalue weighted by atomic mass is 16.1. The van der Waals surface area contributed by atoms with E-state index in [2.05, 4.69) is 5.10 Å². The molecule has 1 aromatic heterocycles. The van der Waals surface area contributed by atoms with Crippen LogP contribution in [-0.2, 0) is 0 Å². The van der Waals surface area contributed by atoms with Crippen molar-refractivity contribution in [2.75, 3.05) is 5.73 Å². The zero-order valence-corrected chi connectivity index (χ0v) is 8.34. The van der Waals surface area contributed by atoms with Crippen LogP contribution in [0.1, 0.15) is 16.1 Å². The summed E-state index contributed by atoms with van der Waals surface area (Å²) < 4.78 is 1.60. The van der Waals surface area contributed by atoms with Gasteiger partial charge in [0, 0.05) is 0 Å². The lowest BCUT2D eigenvalue weighted by atomic mass is 10.2. The van der Waals surface area contributed by atoms with Crippen LogP contribution in [0, 0.1) is 6.92 Å². The lowest BCUT2D eigenvalue weighted by molar-refractivity contribution is 0.111. The van der Waals surface area contributed by atoms with Crippen LogP contribution in [0.25, 0.3) is 5.69 Å². The average molecular weight is 201 g/mol. The zero-order valence-electron chi connectivity index (χ0n) is 8.34. The minimum Gasteiger partial charge on any atom is -0.396 e. The van der Waals surface area contributed by atoms with Crippen molar-refractivity contribution in [2.24, 2.45) is 0 Å². The summed E-state index contributed by atoms with van der Waals surface area (Å²) in [6.07, 6.45) is 2.29. The molecule has 0 aliphatic rings. The van der Waals surface area contributed by atoms with E-state index in [1.54, 1.807) is 10.9 Å². The summed E-state index contributed by atoms with van der Waals surface area (Å²) in [4.78, 5) is 10.6. The van der Waals surface area contributed by atoms with Crippen LogP contribution in [0.15, 0.2) is 30.5 Å². The quantitative estimate of drug-likeness (QED) is 0.750. The smallest absolute Gasteiger partial charge is 0.172 e. The predicted octanol–water partition coefficient (Wildman–Crippen LogP) is 1.58. The summed E-state index contributed by atoms with van der Waals surface area (Å²) in [7, 11) is 0. The third-order valence-corrected chi connectivity index (χ3v) is 2.18. The molecule has 0 amide bonds. The van der Waals surface area contributed by atoms with E-state index in [0.717, 1.165) is 5.69 Å². The molecule has 0 aliphatic carbocycles. The molecular weight excluding hydrogens is 190 g/mol. The number of aryl methyl sites for hydroxylation is 1. The largest absolute Gasteiger partial charge is 0.396 e. The fourth-order valence-electron chi connectivity index (χ4n) is 1.32. The molecule has 4 nitrogen and oxygen atoms in total. The molecule has 0 bridgehead atoms. The van der Waals surface area contributed by atoms with Gasteiger partial charge in [-0.1, -0.05) is 17.7 Å². The van der Waals surface area contributed by atoms with Crippen molar-refractivity contribution in [3.8, 4) is 5.69 Å². The van der Waals surface area contributed by atoms with E-state index in [1.807, 2.05) is 31.2 Å². The van der Waals surface area contributed by atoms with Crippen molar-refractivity contribution in [3.05, 3.63) is 41.7 Å². The molecule has 2 rings (SSSR count). The molecular formula is C11H11N3O. The molecule has 0 aliphatic heterocycles. The van der Waals surface area contributed by atoms with Crippen molar-refractivity contribution in [1.29, 1.82) is 0 Å². The number of nitrogen functional groups attached to an aromatic ring is 1. The molecule has 0 saturated carbocycles. The summed E-state index contributed by atoms with van der Waals surface area (Å²) >= 11 is 0. The topological polar surface area (TPSA) is 60.9 Å². The normalized spacial score (nSPS) is 10.2. The first-order valence-corrected chi connectivity index (χ1v) is 4.58. The van der Waals surface area contributed by atoms with Crippen LogP contribution < -0.4 is 5.73 Å².